The van der Waals surface area contributed by atoms with E-state index in [2.05, 4.69) is 22.5 Å². The molecule has 0 unspecified atom stereocenters. The van der Waals surface area contributed by atoms with Gasteiger partial charge in [0.25, 0.3) is 0 Å². The first-order valence-corrected chi connectivity index (χ1v) is 6.94. The average Bonchev–Trinajstić information content (AvgIpc) is 3.22. The number of anilines is 1. The number of fused-ring (bicyclic) bond motifs is 1. The van der Waals surface area contributed by atoms with Crippen LogP contribution in [0.4, 0.5) is 5.69 Å². The van der Waals surface area contributed by atoms with Gasteiger partial charge >= 0.3 is 0 Å². The van der Waals surface area contributed by atoms with Crippen LogP contribution in [-0.2, 0) is 0 Å². The average molecular weight is 264 g/mol. The van der Waals surface area contributed by atoms with Crippen LogP contribution in [0.15, 0.2) is 36.5 Å². The zero-order chi connectivity index (χ0) is 13.7. The number of nitrogen functional groups attached to an aromatic ring is 1. The molecule has 1 saturated carbocycles. The minimum absolute atomic E-state index is 0.533. The number of hydrogen-bond donors (Lipinski definition) is 1. The van der Waals surface area contributed by atoms with E-state index < -0.39 is 0 Å². The Morgan fingerprint density at radius 2 is 2.05 bits per heavy atom. The van der Waals surface area contributed by atoms with Crippen molar-refractivity contribution in [1.82, 2.24) is 14.5 Å². The van der Waals surface area contributed by atoms with Gasteiger partial charge in [-0.15, -0.1) is 0 Å². The third-order valence-electron chi connectivity index (χ3n) is 3.98. The van der Waals surface area contributed by atoms with E-state index >= 15 is 0 Å². The Morgan fingerprint density at radius 3 is 2.85 bits per heavy atom. The number of imidazole rings is 1. The van der Waals surface area contributed by atoms with Crippen LogP contribution in [0.3, 0.4) is 0 Å². The van der Waals surface area contributed by atoms with E-state index in [1.807, 2.05) is 30.5 Å². The lowest BCUT2D eigenvalue weighted by Gasteiger charge is -2.10. The molecule has 2 aromatic heterocycles. The molecule has 4 rings (SSSR count). The molecule has 0 amide bonds. The summed E-state index contributed by atoms with van der Waals surface area (Å²) in [5.74, 6) is 0.992. The van der Waals surface area contributed by atoms with Gasteiger partial charge in [0.15, 0.2) is 5.65 Å². The molecule has 1 aliphatic carbocycles. The van der Waals surface area contributed by atoms with E-state index in [-0.39, 0.29) is 0 Å². The highest BCUT2D eigenvalue weighted by Gasteiger charge is 2.29. The van der Waals surface area contributed by atoms with Crippen molar-refractivity contribution in [2.45, 2.75) is 25.8 Å². The summed E-state index contributed by atoms with van der Waals surface area (Å²) >= 11 is 0. The summed E-state index contributed by atoms with van der Waals surface area (Å²) in [5, 5.41) is 0. The molecule has 20 heavy (non-hydrogen) atoms. The van der Waals surface area contributed by atoms with Crippen LogP contribution < -0.4 is 5.73 Å². The fourth-order valence-electron chi connectivity index (χ4n) is 2.69. The molecule has 4 heteroatoms. The minimum Gasteiger partial charge on any atom is -0.398 e. The lowest BCUT2D eigenvalue weighted by atomic mass is 10.1. The fourth-order valence-corrected chi connectivity index (χ4v) is 2.69. The third-order valence-corrected chi connectivity index (χ3v) is 3.98. The molecule has 2 heterocycles. The monoisotopic (exact) mass is 264 g/mol. The Bertz CT molecular complexity index is 799. The molecule has 1 aliphatic rings. The highest BCUT2D eigenvalue weighted by molar-refractivity contribution is 5.79. The molecule has 100 valence electrons. The zero-order valence-electron chi connectivity index (χ0n) is 11.4. The summed E-state index contributed by atoms with van der Waals surface area (Å²) in [4.78, 5) is 9.30. The first-order chi connectivity index (χ1) is 9.75. The highest BCUT2D eigenvalue weighted by Crippen LogP contribution is 2.41. The molecule has 1 aromatic carbocycles. The smallest absolute Gasteiger partial charge is 0.160 e. The molecule has 0 radical (unpaired) electrons. The topological polar surface area (TPSA) is 56.7 Å². The number of hydrogen-bond acceptors (Lipinski definition) is 3. The Hall–Kier alpha value is -2.36. The van der Waals surface area contributed by atoms with Gasteiger partial charge in [-0.25, -0.2) is 9.97 Å². The molecular formula is C16H16N4. The number of nitrogens with zero attached hydrogens (tertiary/aromatic N) is 3. The van der Waals surface area contributed by atoms with Crippen molar-refractivity contribution in [3.8, 4) is 11.4 Å². The van der Waals surface area contributed by atoms with Gasteiger partial charge in [0.1, 0.15) is 11.3 Å². The minimum atomic E-state index is 0.533. The van der Waals surface area contributed by atoms with Gasteiger partial charge in [-0.1, -0.05) is 12.1 Å². The van der Waals surface area contributed by atoms with Crippen molar-refractivity contribution < 1.29 is 0 Å². The van der Waals surface area contributed by atoms with Gasteiger partial charge in [-0.05, 0) is 43.5 Å². The Morgan fingerprint density at radius 1 is 1.20 bits per heavy atom. The molecule has 0 spiro atoms. The number of benzene rings is 1. The maximum Gasteiger partial charge on any atom is 0.160 e. The number of aromatic nitrogens is 3. The van der Waals surface area contributed by atoms with Crippen molar-refractivity contribution in [1.29, 1.82) is 0 Å². The van der Waals surface area contributed by atoms with Gasteiger partial charge in [-0.3, -0.25) is 0 Å². The normalized spacial score (nSPS) is 14.8. The van der Waals surface area contributed by atoms with Crippen molar-refractivity contribution >= 4 is 16.9 Å². The molecule has 2 N–H and O–H groups in total. The van der Waals surface area contributed by atoms with Crippen molar-refractivity contribution in [2.24, 2.45) is 0 Å². The van der Waals surface area contributed by atoms with E-state index in [0.29, 0.717) is 6.04 Å². The van der Waals surface area contributed by atoms with Crippen molar-refractivity contribution in [2.75, 3.05) is 5.73 Å². The number of pyridine rings is 1. The van der Waals surface area contributed by atoms with Crippen molar-refractivity contribution in [3.63, 3.8) is 0 Å². The second kappa shape index (κ2) is 4.07. The summed E-state index contributed by atoms with van der Waals surface area (Å²) in [6.07, 6.45) is 4.24. The Balaban J connectivity index is 2.04. The summed E-state index contributed by atoms with van der Waals surface area (Å²) in [5.41, 5.74) is 11.0. The van der Waals surface area contributed by atoms with Gasteiger partial charge in [0.2, 0.25) is 0 Å². The first-order valence-electron chi connectivity index (χ1n) is 6.94. The van der Waals surface area contributed by atoms with Gasteiger partial charge in [0, 0.05) is 23.5 Å². The predicted octanol–water partition coefficient (Wildman–Crippen LogP) is 3.32. The second-order valence-corrected chi connectivity index (χ2v) is 5.40. The molecule has 0 atom stereocenters. The van der Waals surface area contributed by atoms with Crippen LogP contribution in [0.2, 0.25) is 0 Å². The molecule has 1 fully saturated rings. The van der Waals surface area contributed by atoms with E-state index in [9.17, 15) is 0 Å². The van der Waals surface area contributed by atoms with E-state index in [1.54, 1.807) is 0 Å². The lowest BCUT2D eigenvalue weighted by molar-refractivity contribution is 0.766. The summed E-state index contributed by atoms with van der Waals surface area (Å²) in [6, 6.07) is 10.5. The Labute approximate surface area is 117 Å². The van der Waals surface area contributed by atoms with Crippen LogP contribution in [0, 0.1) is 6.92 Å². The lowest BCUT2D eigenvalue weighted by Crippen LogP contribution is -2.01. The molecule has 0 bridgehead atoms. The molecule has 0 aliphatic heterocycles. The van der Waals surface area contributed by atoms with Gasteiger partial charge < -0.3 is 10.3 Å². The predicted molar refractivity (Wildman–Crippen MR) is 80.4 cm³/mol. The second-order valence-electron chi connectivity index (χ2n) is 5.40. The van der Waals surface area contributed by atoms with Crippen LogP contribution in [0.5, 0.6) is 0 Å². The first kappa shape index (κ1) is 11.5. The fraction of sp³-hybridized carbons (Fsp3) is 0.250. The van der Waals surface area contributed by atoms with Crippen LogP contribution in [-0.4, -0.2) is 14.5 Å². The number of rotatable bonds is 2. The van der Waals surface area contributed by atoms with Crippen molar-refractivity contribution in [3.05, 3.63) is 42.1 Å². The highest BCUT2D eigenvalue weighted by atomic mass is 15.2. The van der Waals surface area contributed by atoms with Crippen LogP contribution >= 0.6 is 0 Å². The maximum absolute atomic E-state index is 6.04. The maximum atomic E-state index is 6.04. The van der Waals surface area contributed by atoms with E-state index in [0.717, 1.165) is 33.8 Å². The van der Waals surface area contributed by atoms with Crippen LogP contribution in [0.1, 0.15) is 24.4 Å². The van der Waals surface area contributed by atoms with Crippen LogP contribution in [0.25, 0.3) is 22.6 Å². The largest absolute Gasteiger partial charge is 0.398 e. The molecule has 3 aromatic rings. The zero-order valence-corrected chi connectivity index (χ0v) is 11.4. The quantitative estimate of drug-likeness (QED) is 0.722. The van der Waals surface area contributed by atoms with E-state index in [1.165, 1.54) is 12.8 Å². The summed E-state index contributed by atoms with van der Waals surface area (Å²) in [7, 11) is 0. The molecule has 4 nitrogen and oxygen atoms in total. The van der Waals surface area contributed by atoms with Gasteiger partial charge in [0.05, 0.1) is 0 Å². The van der Waals surface area contributed by atoms with Gasteiger partial charge in [-0.2, -0.15) is 0 Å². The molecule has 0 saturated heterocycles. The molecular weight excluding hydrogens is 248 g/mol. The summed E-state index contributed by atoms with van der Waals surface area (Å²) < 4.78 is 2.27. The number of nitrogens with two attached hydrogens (primary N) is 1. The van der Waals surface area contributed by atoms with E-state index in [4.69, 9.17) is 10.7 Å². The standard InChI is InChI=1S/C16H16N4/c1-10-12(4-2-5-13(10)17)15-19-14-6-3-9-18-16(14)20(15)11-7-8-11/h2-6,9,11H,7-8,17H2,1H3. The Kier molecular flexibility index (Phi) is 2.33. The SMILES string of the molecule is Cc1c(N)cccc1-c1nc2cccnc2n1C1CC1. The summed E-state index contributed by atoms with van der Waals surface area (Å²) in [6.45, 7) is 2.05. The third kappa shape index (κ3) is 1.61.